The molecule has 0 aliphatic carbocycles. The van der Waals surface area contributed by atoms with Crippen LogP contribution in [-0.4, -0.2) is 50.1 Å². The third-order valence-electron chi connectivity index (χ3n) is 3.82. The molecule has 0 atom stereocenters. The molecule has 22 heavy (non-hydrogen) atoms. The van der Waals surface area contributed by atoms with Gasteiger partial charge in [-0.2, -0.15) is 0 Å². The summed E-state index contributed by atoms with van der Waals surface area (Å²) in [6.45, 7) is 6.30. The fourth-order valence-corrected chi connectivity index (χ4v) is 2.42. The molecule has 0 rings (SSSR count). The lowest BCUT2D eigenvalue weighted by atomic mass is 10.1. The summed E-state index contributed by atoms with van der Waals surface area (Å²) in [7, 11) is 4.43. The van der Waals surface area contributed by atoms with Gasteiger partial charge in [0.15, 0.2) is 0 Å². The third kappa shape index (κ3) is 13.6. The normalized spacial score (nSPS) is 11.2. The van der Waals surface area contributed by atoms with Crippen LogP contribution < -0.4 is 10.4 Å². The zero-order valence-corrected chi connectivity index (χ0v) is 14.2. The maximum absolute atomic E-state index is 11.0. The topological polar surface area (TPSA) is 69.2 Å². The predicted octanol–water partition coefficient (Wildman–Crippen LogP) is 1.24. The Balaban J connectivity index is 3.49. The Morgan fingerprint density at radius 1 is 1.00 bits per heavy atom. The summed E-state index contributed by atoms with van der Waals surface area (Å²) >= 11 is 0. The second-order valence-corrected chi connectivity index (χ2v) is 6.47. The highest BCUT2D eigenvalue weighted by atomic mass is 16.4. The SMILES string of the molecule is C=CC(=O)NCCC[N+](C)(C)CCCCCCCCC(=O)[O-]. The highest BCUT2D eigenvalue weighted by Crippen LogP contribution is 2.09. The van der Waals surface area contributed by atoms with Crippen LogP contribution in [0.2, 0.25) is 0 Å². The molecule has 5 nitrogen and oxygen atoms in total. The zero-order valence-electron chi connectivity index (χ0n) is 14.2. The molecule has 1 N–H and O–H groups in total. The number of aliphatic carboxylic acids is 1. The average molecular weight is 312 g/mol. The molecule has 0 unspecified atom stereocenters. The van der Waals surface area contributed by atoms with Crippen LogP contribution in [0.5, 0.6) is 0 Å². The smallest absolute Gasteiger partial charge is 0.243 e. The molecule has 0 bridgehead atoms. The summed E-state index contributed by atoms with van der Waals surface area (Å²) < 4.78 is 0.967. The van der Waals surface area contributed by atoms with Gasteiger partial charge < -0.3 is 19.7 Å². The molecular formula is C17H32N2O3. The van der Waals surface area contributed by atoms with Gasteiger partial charge in [0.2, 0.25) is 5.91 Å². The number of carbonyl (C=O) groups is 2. The number of hydrogen-bond donors (Lipinski definition) is 1. The van der Waals surface area contributed by atoms with Crippen molar-refractivity contribution in [3.63, 3.8) is 0 Å². The molecule has 0 aromatic carbocycles. The first-order chi connectivity index (χ1) is 10.4. The highest BCUT2D eigenvalue weighted by Gasteiger charge is 2.13. The predicted molar refractivity (Wildman–Crippen MR) is 87.0 cm³/mol. The molecule has 0 fully saturated rings. The Bertz CT molecular complexity index is 341. The summed E-state index contributed by atoms with van der Waals surface area (Å²) in [6.07, 6.45) is 8.83. The molecule has 5 heteroatoms. The van der Waals surface area contributed by atoms with E-state index < -0.39 is 5.97 Å². The standard InChI is InChI=1S/C17H32N2O3/c1-4-16(20)18-13-11-15-19(2,3)14-10-8-6-5-7-9-12-17(21)22/h4H,1,5-15H2,2-3H3,(H-,18,20,21,22). The van der Waals surface area contributed by atoms with Gasteiger partial charge in [-0.1, -0.05) is 25.8 Å². The van der Waals surface area contributed by atoms with E-state index in [0.717, 1.165) is 43.3 Å². The van der Waals surface area contributed by atoms with Gasteiger partial charge in [-0.25, -0.2) is 0 Å². The average Bonchev–Trinajstić information content (AvgIpc) is 2.45. The molecule has 128 valence electrons. The van der Waals surface area contributed by atoms with Crippen molar-refractivity contribution >= 4 is 11.9 Å². The molecule has 0 saturated heterocycles. The van der Waals surface area contributed by atoms with Gasteiger partial charge in [-0.15, -0.1) is 0 Å². The lowest BCUT2D eigenvalue weighted by Crippen LogP contribution is -2.42. The largest absolute Gasteiger partial charge is 0.550 e. The minimum Gasteiger partial charge on any atom is -0.550 e. The van der Waals surface area contributed by atoms with Crippen molar-refractivity contribution in [2.45, 2.75) is 51.4 Å². The first-order valence-corrected chi connectivity index (χ1v) is 8.29. The number of quaternary nitrogens is 1. The molecule has 0 spiro atoms. The van der Waals surface area contributed by atoms with Crippen LogP contribution >= 0.6 is 0 Å². The molecule has 0 aliphatic heterocycles. The Hall–Kier alpha value is -1.36. The lowest BCUT2D eigenvalue weighted by Gasteiger charge is -2.30. The van der Waals surface area contributed by atoms with Crippen LogP contribution in [0, 0.1) is 0 Å². The fourth-order valence-electron chi connectivity index (χ4n) is 2.42. The zero-order chi connectivity index (χ0) is 16.8. The van der Waals surface area contributed by atoms with E-state index in [9.17, 15) is 14.7 Å². The van der Waals surface area contributed by atoms with Crippen molar-refractivity contribution in [2.75, 3.05) is 33.7 Å². The molecular weight excluding hydrogens is 280 g/mol. The lowest BCUT2D eigenvalue weighted by molar-refractivity contribution is -0.890. The van der Waals surface area contributed by atoms with E-state index in [1.807, 2.05) is 0 Å². The van der Waals surface area contributed by atoms with Crippen LogP contribution in [0.3, 0.4) is 0 Å². The van der Waals surface area contributed by atoms with Crippen LogP contribution in [0.1, 0.15) is 51.4 Å². The molecule has 0 aromatic rings. The summed E-state index contributed by atoms with van der Waals surface area (Å²) in [4.78, 5) is 21.3. The quantitative estimate of drug-likeness (QED) is 0.298. The van der Waals surface area contributed by atoms with Gasteiger partial charge >= 0.3 is 0 Å². The van der Waals surface area contributed by atoms with Crippen LogP contribution in [0.4, 0.5) is 0 Å². The van der Waals surface area contributed by atoms with Crippen LogP contribution in [-0.2, 0) is 9.59 Å². The molecule has 0 radical (unpaired) electrons. The number of nitrogens with one attached hydrogen (secondary N) is 1. The molecule has 1 amide bonds. The van der Waals surface area contributed by atoms with Crippen molar-refractivity contribution in [3.05, 3.63) is 12.7 Å². The van der Waals surface area contributed by atoms with E-state index in [4.69, 9.17) is 0 Å². The minimum atomic E-state index is -0.941. The Labute approximate surface area is 135 Å². The van der Waals surface area contributed by atoms with Gasteiger partial charge in [-0.05, 0) is 31.8 Å². The number of hydrogen-bond acceptors (Lipinski definition) is 3. The van der Waals surface area contributed by atoms with E-state index in [1.54, 1.807) is 0 Å². The van der Waals surface area contributed by atoms with Gasteiger partial charge in [0, 0.05) is 18.9 Å². The molecule has 0 aliphatic rings. The first kappa shape index (κ1) is 20.6. The van der Waals surface area contributed by atoms with Crippen molar-refractivity contribution in [1.29, 1.82) is 0 Å². The van der Waals surface area contributed by atoms with E-state index in [1.165, 1.54) is 25.3 Å². The molecule has 0 saturated carbocycles. The summed E-state index contributed by atoms with van der Waals surface area (Å²) in [5.74, 6) is -1.05. The molecule has 0 aromatic heterocycles. The number of amides is 1. The monoisotopic (exact) mass is 312 g/mol. The Morgan fingerprint density at radius 2 is 1.55 bits per heavy atom. The summed E-state index contributed by atoms with van der Waals surface area (Å²) in [5, 5.41) is 13.1. The number of rotatable bonds is 14. The maximum atomic E-state index is 11.0. The number of carbonyl (C=O) groups excluding carboxylic acids is 2. The Kier molecular flexibility index (Phi) is 11.5. The van der Waals surface area contributed by atoms with Gasteiger partial charge in [0.25, 0.3) is 0 Å². The number of carboxylic acid groups (broad SMARTS) is 1. The number of carboxylic acids is 1. The fraction of sp³-hybridized carbons (Fsp3) is 0.765. The van der Waals surface area contributed by atoms with Gasteiger partial charge in [0.1, 0.15) is 0 Å². The first-order valence-electron chi connectivity index (χ1n) is 8.29. The molecule has 0 heterocycles. The summed E-state index contributed by atoms with van der Waals surface area (Å²) in [5.41, 5.74) is 0. The van der Waals surface area contributed by atoms with E-state index >= 15 is 0 Å². The third-order valence-corrected chi connectivity index (χ3v) is 3.82. The summed E-state index contributed by atoms with van der Waals surface area (Å²) in [6, 6.07) is 0. The van der Waals surface area contributed by atoms with Crippen molar-refractivity contribution < 1.29 is 19.2 Å². The van der Waals surface area contributed by atoms with E-state index in [0.29, 0.717) is 6.54 Å². The highest BCUT2D eigenvalue weighted by molar-refractivity contribution is 5.86. The van der Waals surface area contributed by atoms with Gasteiger partial charge in [0.05, 0.1) is 27.2 Å². The van der Waals surface area contributed by atoms with Gasteiger partial charge in [-0.3, -0.25) is 4.79 Å². The second-order valence-electron chi connectivity index (χ2n) is 6.47. The van der Waals surface area contributed by atoms with Crippen LogP contribution in [0.25, 0.3) is 0 Å². The van der Waals surface area contributed by atoms with Crippen molar-refractivity contribution in [1.82, 2.24) is 5.32 Å². The van der Waals surface area contributed by atoms with E-state index in [-0.39, 0.29) is 12.3 Å². The second kappa shape index (κ2) is 12.2. The maximum Gasteiger partial charge on any atom is 0.243 e. The van der Waals surface area contributed by atoms with Crippen molar-refractivity contribution in [2.24, 2.45) is 0 Å². The van der Waals surface area contributed by atoms with Crippen LogP contribution in [0.15, 0.2) is 12.7 Å². The minimum absolute atomic E-state index is 0.107. The van der Waals surface area contributed by atoms with Crippen molar-refractivity contribution in [3.8, 4) is 0 Å². The number of unbranched alkanes of at least 4 members (excludes halogenated alkanes) is 5. The Morgan fingerprint density at radius 3 is 2.14 bits per heavy atom. The number of nitrogens with zero attached hydrogens (tertiary/aromatic N) is 1. The van der Waals surface area contributed by atoms with E-state index in [2.05, 4.69) is 26.0 Å².